The van der Waals surface area contributed by atoms with Gasteiger partial charge in [0, 0.05) is 28.7 Å². The Balaban J connectivity index is 1.30. The second-order valence-corrected chi connectivity index (χ2v) is 12.8. The summed E-state index contributed by atoms with van der Waals surface area (Å²) < 4.78 is 23.1. The lowest BCUT2D eigenvalue weighted by Crippen LogP contribution is -2.40. The molecule has 43 heavy (non-hydrogen) atoms. The number of carbonyl (C=O) groups is 1. The molecular formula is C36H38FN3O2S. The minimum absolute atomic E-state index is 0.0483. The zero-order valence-electron chi connectivity index (χ0n) is 25.1. The van der Waals surface area contributed by atoms with E-state index in [2.05, 4.69) is 66.9 Å². The molecule has 3 aromatic carbocycles. The molecule has 222 valence electrons. The number of aromatic nitrogens is 1. The predicted octanol–water partition coefficient (Wildman–Crippen LogP) is 9.23. The molecular weight excluding hydrogens is 557 g/mol. The highest BCUT2D eigenvalue weighted by Gasteiger charge is 2.39. The summed E-state index contributed by atoms with van der Waals surface area (Å²) in [5.41, 5.74) is 4.71. The zero-order chi connectivity index (χ0) is 29.9. The highest BCUT2D eigenvalue weighted by Crippen LogP contribution is 2.39. The van der Waals surface area contributed by atoms with Crippen LogP contribution in [0.15, 0.2) is 82.8 Å². The number of hydrogen-bond donors (Lipinski definition) is 0. The predicted molar refractivity (Wildman–Crippen MR) is 175 cm³/mol. The number of para-hydroxylation sites is 2. The van der Waals surface area contributed by atoms with Crippen LogP contribution in [-0.2, 0) is 11.3 Å². The van der Waals surface area contributed by atoms with Crippen molar-refractivity contribution in [2.24, 2.45) is 4.99 Å². The molecule has 2 heterocycles. The number of amidine groups is 1. The Hall–Kier alpha value is -3.84. The third-order valence-corrected chi connectivity index (χ3v) is 9.32. The lowest BCUT2D eigenvalue weighted by atomic mass is 9.94. The topological polar surface area (TPSA) is 46.8 Å². The van der Waals surface area contributed by atoms with Gasteiger partial charge in [-0.3, -0.25) is 9.69 Å². The summed E-state index contributed by atoms with van der Waals surface area (Å²) in [5.74, 6) is 0.877. The number of benzene rings is 3. The first kappa shape index (κ1) is 29.2. The van der Waals surface area contributed by atoms with Crippen LogP contribution in [0.5, 0.6) is 5.75 Å². The fraction of sp³-hybridized carbons (Fsp3) is 0.333. The molecule has 7 heteroatoms. The number of thioether (sulfide) groups is 1. The minimum atomic E-state index is -0.388. The molecule has 2 aliphatic rings. The summed E-state index contributed by atoms with van der Waals surface area (Å²) in [6, 6.07) is 21.2. The van der Waals surface area contributed by atoms with E-state index in [0.717, 1.165) is 47.9 Å². The number of amides is 1. The molecule has 5 nitrogen and oxygen atoms in total. The van der Waals surface area contributed by atoms with Gasteiger partial charge >= 0.3 is 0 Å². The van der Waals surface area contributed by atoms with Gasteiger partial charge in [-0.2, -0.15) is 0 Å². The second-order valence-electron chi connectivity index (χ2n) is 11.8. The lowest BCUT2D eigenvalue weighted by Gasteiger charge is -2.30. The third-order valence-electron chi connectivity index (χ3n) is 8.33. The van der Waals surface area contributed by atoms with E-state index in [1.807, 2.05) is 23.1 Å². The van der Waals surface area contributed by atoms with Crippen molar-refractivity contribution >= 4 is 45.5 Å². The fourth-order valence-electron chi connectivity index (χ4n) is 6.09. The van der Waals surface area contributed by atoms with E-state index in [9.17, 15) is 9.18 Å². The van der Waals surface area contributed by atoms with E-state index >= 15 is 0 Å². The number of fused-ring (bicyclic) bond motifs is 1. The number of carbonyl (C=O) groups excluding carboxylic acids is 1. The molecule has 1 saturated heterocycles. The van der Waals surface area contributed by atoms with E-state index in [0.29, 0.717) is 29.1 Å². The average molecular weight is 596 g/mol. The standard InChI is InChI=1S/C36H38FN3O2S/c1-24(2)28-18-17-25(3)21-33(28)42-20-19-39-23-26(29-13-7-10-16-32(29)39)22-34-35(41)40(27-11-5-4-6-12-27)36(43-34)38-31-15-9-8-14-30(31)37/h7-10,13-18,21-24,27H,4-6,11-12,19-20H2,1-3H3/b34-22-,38-36?. The number of aryl methyl sites for hydroxylation is 1. The van der Waals surface area contributed by atoms with Crippen LogP contribution in [0.3, 0.4) is 0 Å². The van der Waals surface area contributed by atoms with Gasteiger partial charge in [0.2, 0.25) is 0 Å². The van der Waals surface area contributed by atoms with Crippen molar-refractivity contribution in [2.75, 3.05) is 6.61 Å². The third kappa shape index (κ3) is 6.28. The quantitative estimate of drug-likeness (QED) is 0.191. The van der Waals surface area contributed by atoms with Gasteiger partial charge in [0.25, 0.3) is 5.91 Å². The van der Waals surface area contributed by atoms with Crippen LogP contribution in [-0.4, -0.2) is 33.2 Å². The van der Waals surface area contributed by atoms with Crippen molar-refractivity contribution in [3.8, 4) is 5.75 Å². The number of hydrogen-bond acceptors (Lipinski definition) is 4. The zero-order valence-corrected chi connectivity index (χ0v) is 25.9. The van der Waals surface area contributed by atoms with E-state index in [4.69, 9.17) is 4.74 Å². The first-order valence-corrected chi connectivity index (χ1v) is 16.1. The molecule has 0 atom stereocenters. The molecule has 1 amide bonds. The van der Waals surface area contributed by atoms with Crippen LogP contribution < -0.4 is 4.74 Å². The number of rotatable bonds is 8. The first-order chi connectivity index (χ1) is 20.9. The fourth-order valence-corrected chi connectivity index (χ4v) is 7.13. The summed E-state index contributed by atoms with van der Waals surface area (Å²) in [6.45, 7) is 7.65. The van der Waals surface area contributed by atoms with Crippen molar-refractivity contribution < 1.29 is 13.9 Å². The van der Waals surface area contributed by atoms with Gasteiger partial charge in [-0.1, -0.05) is 75.6 Å². The van der Waals surface area contributed by atoms with Crippen molar-refractivity contribution in [3.63, 3.8) is 0 Å². The molecule has 6 rings (SSSR count). The number of ether oxygens (including phenoxy) is 1. The van der Waals surface area contributed by atoms with Gasteiger partial charge in [-0.25, -0.2) is 9.38 Å². The van der Waals surface area contributed by atoms with E-state index in [1.165, 1.54) is 35.4 Å². The molecule has 1 aromatic heterocycles. The normalized spacial score (nSPS) is 18.1. The van der Waals surface area contributed by atoms with E-state index in [1.54, 1.807) is 18.2 Å². The second kappa shape index (κ2) is 12.8. The van der Waals surface area contributed by atoms with Crippen molar-refractivity contribution in [1.82, 2.24) is 9.47 Å². The average Bonchev–Trinajstić information content (AvgIpc) is 3.51. The summed E-state index contributed by atoms with van der Waals surface area (Å²) in [4.78, 5) is 21.0. The van der Waals surface area contributed by atoms with Gasteiger partial charge in [-0.05, 0) is 78.9 Å². The Morgan fingerprint density at radius 2 is 1.81 bits per heavy atom. The summed E-state index contributed by atoms with van der Waals surface area (Å²) >= 11 is 1.34. The Labute approximate surface area is 257 Å². The monoisotopic (exact) mass is 595 g/mol. The van der Waals surface area contributed by atoms with Gasteiger partial charge in [-0.15, -0.1) is 0 Å². The molecule has 1 aliphatic heterocycles. The van der Waals surface area contributed by atoms with Crippen LogP contribution in [0.4, 0.5) is 10.1 Å². The molecule has 0 spiro atoms. The minimum Gasteiger partial charge on any atom is -0.491 e. The molecule has 0 N–H and O–H groups in total. The summed E-state index contributed by atoms with van der Waals surface area (Å²) in [7, 11) is 0. The maximum Gasteiger partial charge on any atom is 0.267 e. The highest BCUT2D eigenvalue weighted by molar-refractivity contribution is 8.18. The highest BCUT2D eigenvalue weighted by atomic mass is 32.2. The molecule has 0 bridgehead atoms. The number of aliphatic imine (C=N–C) groups is 1. The van der Waals surface area contributed by atoms with E-state index < -0.39 is 0 Å². The smallest absolute Gasteiger partial charge is 0.267 e. The molecule has 4 aromatic rings. The molecule has 0 radical (unpaired) electrons. The van der Waals surface area contributed by atoms with Crippen molar-refractivity contribution in [3.05, 3.63) is 100 Å². The Kier molecular flexibility index (Phi) is 8.70. The Morgan fingerprint density at radius 1 is 1.05 bits per heavy atom. The molecule has 0 unspecified atom stereocenters. The van der Waals surface area contributed by atoms with Crippen LogP contribution in [0.1, 0.15) is 68.6 Å². The van der Waals surface area contributed by atoms with E-state index in [-0.39, 0.29) is 23.5 Å². The summed E-state index contributed by atoms with van der Waals surface area (Å²) in [5, 5.41) is 1.63. The molecule has 1 aliphatic carbocycles. The van der Waals surface area contributed by atoms with Gasteiger partial charge in [0.15, 0.2) is 5.17 Å². The Morgan fingerprint density at radius 3 is 2.60 bits per heavy atom. The van der Waals surface area contributed by atoms with Gasteiger partial charge in [0.05, 0.1) is 11.4 Å². The largest absolute Gasteiger partial charge is 0.491 e. The first-order valence-electron chi connectivity index (χ1n) is 15.3. The SMILES string of the molecule is Cc1ccc(C(C)C)c(OCCn2cc(/C=C3\SC(=Nc4ccccc4F)N(C4CCCCC4)C3=O)c3ccccc32)c1. The maximum absolute atomic E-state index is 14.6. The van der Waals surface area contributed by atoms with Gasteiger partial charge < -0.3 is 9.30 Å². The number of halogens is 1. The van der Waals surface area contributed by atoms with Crippen LogP contribution >= 0.6 is 11.8 Å². The van der Waals surface area contributed by atoms with Crippen LogP contribution in [0.2, 0.25) is 0 Å². The van der Waals surface area contributed by atoms with Crippen molar-refractivity contribution in [1.29, 1.82) is 0 Å². The Bertz CT molecular complexity index is 1700. The molecule has 1 saturated carbocycles. The lowest BCUT2D eigenvalue weighted by molar-refractivity contribution is -0.124. The number of nitrogens with zero attached hydrogens (tertiary/aromatic N) is 3. The molecule has 2 fully saturated rings. The maximum atomic E-state index is 14.6. The summed E-state index contributed by atoms with van der Waals surface area (Å²) in [6.07, 6.45) is 9.31. The van der Waals surface area contributed by atoms with Crippen molar-refractivity contribution in [2.45, 2.75) is 71.4 Å². The van der Waals surface area contributed by atoms with Gasteiger partial charge in [0.1, 0.15) is 23.9 Å². The van der Waals surface area contributed by atoms with Crippen LogP contribution in [0, 0.1) is 12.7 Å². The van der Waals surface area contributed by atoms with Crippen LogP contribution in [0.25, 0.3) is 17.0 Å².